The zero-order valence-electron chi connectivity index (χ0n) is 8.41. The Morgan fingerprint density at radius 1 is 1.43 bits per heavy atom. The van der Waals surface area contributed by atoms with E-state index in [1.807, 2.05) is 6.07 Å². The maximum absolute atomic E-state index is 10.8. The Morgan fingerprint density at radius 3 is 2.64 bits per heavy atom. The van der Waals surface area contributed by atoms with Crippen LogP contribution in [0.4, 0.5) is 0 Å². The summed E-state index contributed by atoms with van der Waals surface area (Å²) in [4.78, 5) is 12.6. The fraction of sp³-hybridized carbons (Fsp3) is 0.545. The first-order valence-corrected chi connectivity index (χ1v) is 5.78. The Bertz CT molecular complexity index is 340. The van der Waals surface area contributed by atoms with Crippen molar-refractivity contribution in [2.45, 2.75) is 38.5 Å². The van der Waals surface area contributed by atoms with E-state index in [1.54, 1.807) is 0 Å². The SMILES string of the molecule is C[C@@H]1CC[C@H](C)c2sc(C(=O)O)cc21. The molecule has 0 fully saturated rings. The zero-order chi connectivity index (χ0) is 10.3. The first-order valence-electron chi connectivity index (χ1n) is 4.96. The van der Waals surface area contributed by atoms with Gasteiger partial charge in [0.2, 0.25) is 0 Å². The maximum atomic E-state index is 10.8. The van der Waals surface area contributed by atoms with Gasteiger partial charge >= 0.3 is 5.97 Å². The van der Waals surface area contributed by atoms with Crippen molar-refractivity contribution in [3.05, 3.63) is 21.4 Å². The maximum Gasteiger partial charge on any atom is 0.345 e. The van der Waals surface area contributed by atoms with Crippen LogP contribution in [-0.4, -0.2) is 11.1 Å². The van der Waals surface area contributed by atoms with Crippen molar-refractivity contribution in [2.24, 2.45) is 0 Å². The van der Waals surface area contributed by atoms with Crippen LogP contribution in [0.3, 0.4) is 0 Å². The fourth-order valence-electron chi connectivity index (χ4n) is 2.08. The fourth-order valence-corrected chi connectivity index (χ4v) is 3.29. The molecule has 1 aromatic heterocycles. The number of fused-ring (bicyclic) bond motifs is 1. The van der Waals surface area contributed by atoms with E-state index in [-0.39, 0.29) is 0 Å². The van der Waals surface area contributed by atoms with E-state index in [2.05, 4.69) is 13.8 Å². The van der Waals surface area contributed by atoms with E-state index in [9.17, 15) is 4.79 Å². The highest BCUT2D eigenvalue weighted by Crippen LogP contribution is 2.42. The van der Waals surface area contributed by atoms with E-state index in [0.29, 0.717) is 16.7 Å². The van der Waals surface area contributed by atoms with E-state index < -0.39 is 5.97 Å². The van der Waals surface area contributed by atoms with Gasteiger partial charge in [0.15, 0.2) is 0 Å². The van der Waals surface area contributed by atoms with Gasteiger partial charge in [-0.15, -0.1) is 11.3 Å². The summed E-state index contributed by atoms with van der Waals surface area (Å²) in [5.41, 5.74) is 1.27. The van der Waals surface area contributed by atoms with Crippen molar-refractivity contribution in [3.63, 3.8) is 0 Å². The minimum Gasteiger partial charge on any atom is -0.477 e. The topological polar surface area (TPSA) is 37.3 Å². The molecule has 0 amide bonds. The molecule has 1 aliphatic rings. The Kier molecular flexibility index (Phi) is 2.35. The lowest BCUT2D eigenvalue weighted by molar-refractivity contribution is 0.0702. The summed E-state index contributed by atoms with van der Waals surface area (Å²) in [6.07, 6.45) is 2.37. The molecular weight excluding hydrogens is 196 g/mol. The van der Waals surface area contributed by atoms with Crippen LogP contribution in [0, 0.1) is 0 Å². The van der Waals surface area contributed by atoms with Crippen molar-refractivity contribution < 1.29 is 9.90 Å². The summed E-state index contributed by atoms with van der Waals surface area (Å²) in [6.45, 7) is 4.37. The minimum absolute atomic E-state index is 0.496. The van der Waals surface area contributed by atoms with Crippen molar-refractivity contribution in [1.82, 2.24) is 0 Å². The summed E-state index contributed by atoms with van der Waals surface area (Å²) in [6, 6.07) is 1.86. The number of hydrogen-bond donors (Lipinski definition) is 1. The molecule has 0 aliphatic heterocycles. The highest BCUT2D eigenvalue weighted by molar-refractivity contribution is 7.14. The number of hydrogen-bond acceptors (Lipinski definition) is 2. The molecule has 0 saturated carbocycles. The Balaban J connectivity index is 2.46. The highest BCUT2D eigenvalue weighted by atomic mass is 32.1. The molecule has 0 unspecified atom stereocenters. The lowest BCUT2D eigenvalue weighted by Gasteiger charge is -2.23. The molecule has 2 rings (SSSR count). The quantitative estimate of drug-likeness (QED) is 0.770. The van der Waals surface area contributed by atoms with E-state index in [4.69, 9.17) is 5.11 Å². The Hall–Kier alpha value is -0.830. The molecule has 14 heavy (non-hydrogen) atoms. The molecule has 1 aliphatic carbocycles. The van der Waals surface area contributed by atoms with Crippen molar-refractivity contribution in [1.29, 1.82) is 0 Å². The van der Waals surface area contributed by atoms with Crippen LogP contribution in [0.15, 0.2) is 6.07 Å². The first-order chi connectivity index (χ1) is 6.59. The van der Waals surface area contributed by atoms with E-state index >= 15 is 0 Å². The number of carbonyl (C=O) groups is 1. The molecule has 2 nitrogen and oxygen atoms in total. The molecule has 1 heterocycles. The molecule has 1 N–H and O–H groups in total. The lowest BCUT2D eigenvalue weighted by atomic mass is 9.83. The van der Waals surface area contributed by atoms with Gasteiger partial charge in [0.05, 0.1) is 0 Å². The summed E-state index contributed by atoms with van der Waals surface area (Å²) in [5.74, 6) is 0.286. The minimum atomic E-state index is -0.788. The average Bonchev–Trinajstić information content (AvgIpc) is 2.57. The van der Waals surface area contributed by atoms with Crippen LogP contribution in [0.1, 0.15) is 58.6 Å². The predicted octanol–water partition coefficient (Wildman–Crippen LogP) is 3.45. The third kappa shape index (κ3) is 1.46. The van der Waals surface area contributed by atoms with Gasteiger partial charge in [-0.05, 0) is 36.3 Å². The number of carboxylic acid groups (broad SMARTS) is 1. The van der Waals surface area contributed by atoms with E-state index in [1.165, 1.54) is 34.6 Å². The predicted molar refractivity (Wildman–Crippen MR) is 57.3 cm³/mol. The largest absolute Gasteiger partial charge is 0.477 e. The number of carboxylic acids is 1. The van der Waals surface area contributed by atoms with E-state index in [0.717, 1.165) is 0 Å². The normalized spacial score (nSPS) is 25.9. The molecule has 0 bridgehead atoms. The van der Waals surface area contributed by atoms with Crippen LogP contribution < -0.4 is 0 Å². The lowest BCUT2D eigenvalue weighted by Crippen LogP contribution is -2.06. The van der Waals surface area contributed by atoms with Gasteiger partial charge in [-0.1, -0.05) is 13.8 Å². The second-order valence-electron chi connectivity index (χ2n) is 4.11. The summed E-state index contributed by atoms with van der Waals surface area (Å²) in [5, 5.41) is 8.92. The Morgan fingerprint density at radius 2 is 2.07 bits per heavy atom. The third-order valence-electron chi connectivity index (χ3n) is 3.01. The molecule has 3 heteroatoms. The molecule has 76 valence electrons. The van der Waals surface area contributed by atoms with Gasteiger partial charge in [0, 0.05) is 4.88 Å². The summed E-state index contributed by atoms with van der Waals surface area (Å²) < 4.78 is 0. The second-order valence-corrected chi connectivity index (χ2v) is 5.20. The van der Waals surface area contributed by atoms with Gasteiger partial charge in [-0.25, -0.2) is 4.79 Å². The van der Waals surface area contributed by atoms with Gasteiger partial charge in [0.1, 0.15) is 4.88 Å². The molecule has 0 radical (unpaired) electrons. The van der Waals surface area contributed by atoms with Crippen molar-refractivity contribution in [2.75, 3.05) is 0 Å². The van der Waals surface area contributed by atoms with Gasteiger partial charge < -0.3 is 5.11 Å². The van der Waals surface area contributed by atoms with Gasteiger partial charge in [-0.2, -0.15) is 0 Å². The second kappa shape index (κ2) is 3.39. The number of aromatic carboxylic acids is 1. The van der Waals surface area contributed by atoms with Crippen LogP contribution in [0.25, 0.3) is 0 Å². The average molecular weight is 210 g/mol. The van der Waals surface area contributed by atoms with Crippen LogP contribution in [-0.2, 0) is 0 Å². The van der Waals surface area contributed by atoms with Crippen LogP contribution >= 0.6 is 11.3 Å². The van der Waals surface area contributed by atoms with Crippen LogP contribution in [0.2, 0.25) is 0 Å². The van der Waals surface area contributed by atoms with Crippen molar-refractivity contribution >= 4 is 17.3 Å². The number of thiophene rings is 1. The molecular formula is C11H14O2S. The number of rotatable bonds is 1. The molecule has 0 saturated heterocycles. The smallest absolute Gasteiger partial charge is 0.345 e. The summed E-state index contributed by atoms with van der Waals surface area (Å²) >= 11 is 1.46. The molecule has 1 aromatic rings. The monoisotopic (exact) mass is 210 g/mol. The zero-order valence-corrected chi connectivity index (χ0v) is 9.23. The standard InChI is InChI=1S/C11H14O2S/c1-6-3-4-7(2)10-8(6)5-9(14-10)11(12)13/h5-7H,3-4H2,1-2H3,(H,12,13)/t6-,7+/m1/s1. The first kappa shape index (κ1) is 9.71. The molecule has 0 spiro atoms. The third-order valence-corrected chi connectivity index (χ3v) is 4.38. The summed E-state index contributed by atoms with van der Waals surface area (Å²) in [7, 11) is 0. The molecule has 2 atom stereocenters. The highest BCUT2D eigenvalue weighted by Gasteiger charge is 2.25. The van der Waals surface area contributed by atoms with Crippen molar-refractivity contribution in [3.8, 4) is 0 Å². The molecule has 0 aromatic carbocycles. The van der Waals surface area contributed by atoms with Gasteiger partial charge in [-0.3, -0.25) is 0 Å². The Labute approximate surface area is 87.6 Å². The van der Waals surface area contributed by atoms with Crippen LogP contribution in [0.5, 0.6) is 0 Å². The van der Waals surface area contributed by atoms with Gasteiger partial charge in [0.25, 0.3) is 0 Å².